The summed E-state index contributed by atoms with van der Waals surface area (Å²) in [6.07, 6.45) is 1.42. The van der Waals surface area contributed by atoms with Crippen LogP contribution in [-0.2, 0) is 16.8 Å². The molecule has 112 valence electrons. The molecule has 6 nitrogen and oxygen atoms in total. The van der Waals surface area contributed by atoms with Gasteiger partial charge < -0.3 is 5.11 Å². The predicted octanol–water partition coefficient (Wildman–Crippen LogP) is 0.429. The predicted molar refractivity (Wildman–Crippen MR) is 76.1 cm³/mol. The quantitative estimate of drug-likeness (QED) is 0.826. The lowest BCUT2D eigenvalue weighted by molar-refractivity contribution is 0.169. The molecule has 0 atom stereocenters. The molecule has 1 fully saturated rings. The van der Waals surface area contributed by atoms with Gasteiger partial charge in [-0.15, -0.1) is 0 Å². The van der Waals surface area contributed by atoms with Crippen molar-refractivity contribution in [2.24, 2.45) is 5.92 Å². The van der Waals surface area contributed by atoms with Crippen molar-refractivity contribution in [2.75, 3.05) is 19.7 Å². The number of hydrogen-bond donors (Lipinski definition) is 2. The summed E-state index contributed by atoms with van der Waals surface area (Å²) in [6, 6.07) is 5.53. The second kappa shape index (κ2) is 6.62. The summed E-state index contributed by atoms with van der Waals surface area (Å²) in [7, 11) is -3.46. The van der Waals surface area contributed by atoms with Crippen LogP contribution in [0.25, 0.3) is 0 Å². The number of piperidine rings is 1. The third-order valence-electron chi connectivity index (χ3n) is 3.55. The maximum Gasteiger partial charge on any atom is 0.279 e. The number of aliphatic hydroxyl groups is 1. The van der Waals surface area contributed by atoms with Crippen LogP contribution in [0, 0.1) is 12.8 Å². The number of nitrogens with zero attached hydrogens (tertiary/aromatic N) is 2. The Morgan fingerprint density at radius 2 is 2.10 bits per heavy atom. The van der Waals surface area contributed by atoms with E-state index in [2.05, 4.69) is 9.71 Å². The van der Waals surface area contributed by atoms with Crippen LogP contribution in [0.4, 0.5) is 0 Å². The van der Waals surface area contributed by atoms with Gasteiger partial charge in [-0.05, 0) is 37.8 Å². The van der Waals surface area contributed by atoms with Gasteiger partial charge in [0, 0.05) is 25.4 Å². The van der Waals surface area contributed by atoms with Crippen LogP contribution in [0.3, 0.4) is 0 Å². The van der Waals surface area contributed by atoms with Gasteiger partial charge in [-0.25, -0.2) is 0 Å². The largest absolute Gasteiger partial charge is 0.396 e. The van der Waals surface area contributed by atoms with E-state index >= 15 is 0 Å². The van der Waals surface area contributed by atoms with Gasteiger partial charge in [-0.3, -0.25) is 4.98 Å². The molecule has 1 aliphatic rings. The van der Waals surface area contributed by atoms with Crippen LogP contribution in [0.1, 0.15) is 24.2 Å². The summed E-state index contributed by atoms with van der Waals surface area (Å²) >= 11 is 0. The molecule has 0 bridgehead atoms. The fraction of sp³-hybridized carbons (Fsp3) is 0.615. The van der Waals surface area contributed by atoms with E-state index in [4.69, 9.17) is 5.11 Å². The fourth-order valence-electron chi connectivity index (χ4n) is 2.29. The number of rotatable bonds is 5. The molecule has 1 aliphatic heterocycles. The zero-order valence-corrected chi connectivity index (χ0v) is 12.4. The Labute approximate surface area is 120 Å². The zero-order chi connectivity index (χ0) is 14.6. The molecule has 0 amide bonds. The second-order valence-electron chi connectivity index (χ2n) is 5.12. The Morgan fingerprint density at radius 3 is 2.70 bits per heavy atom. The Morgan fingerprint density at radius 1 is 1.40 bits per heavy atom. The summed E-state index contributed by atoms with van der Waals surface area (Å²) < 4.78 is 28.3. The van der Waals surface area contributed by atoms with Crippen molar-refractivity contribution in [3.8, 4) is 0 Å². The lowest BCUT2D eigenvalue weighted by atomic mass is 10.00. The van der Waals surface area contributed by atoms with Crippen LogP contribution in [-0.4, -0.2) is 42.5 Å². The van der Waals surface area contributed by atoms with Gasteiger partial charge in [0.15, 0.2) is 0 Å². The van der Waals surface area contributed by atoms with E-state index in [0.29, 0.717) is 31.6 Å². The van der Waals surface area contributed by atoms with Gasteiger partial charge in [0.25, 0.3) is 10.2 Å². The highest BCUT2D eigenvalue weighted by Crippen LogP contribution is 2.18. The molecule has 0 saturated carbocycles. The maximum absolute atomic E-state index is 12.2. The topological polar surface area (TPSA) is 82.5 Å². The number of hydrogen-bond acceptors (Lipinski definition) is 4. The van der Waals surface area contributed by atoms with E-state index in [-0.39, 0.29) is 19.1 Å². The smallest absolute Gasteiger partial charge is 0.279 e. The standard InChI is InChI=1S/C13H21N3O3S/c1-11-3-2-4-13(15-11)9-14-20(18,19)16-7-5-12(10-17)6-8-16/h2-4,12,14,17H,5-10H2,1H3. The molecular formula is C13H21N3O3S. The van der Waals surface area contributed by atoms with Gasteiger partial charge >= 0.3 is 0 Å². The molecule has 0 spiro atoms. The first-order chi connectivity index (χ1) is 9.51. The molecule has 1 aromatic heterocycles. The average molecular weight is 299 g/mol. The highest BCUT2D eigenvalue weighted by atomic mass is 32.2. The second-order valence-corrected chi connectivity index (χ2v) is 6.88. The SMILES string of the molecule is Cc1cccc(CNS(=O)(=O)N2CCC(CO)CC2)n1. The van der Waals surface area contributed by atoms with E-state index < -0.39 is 10.2 Å². The van der Waals surface area contributed by atoms with Crippen molar-refractivity contribution >= 4 is 10.2 Å². The normalized spacial score (nSPS) is 18.3. The molecule has 1 aromatic rings. The van der Waals surface area contributed by atoms with E-state index in [1.165, 1.54) is 4.31 Å². The summed E-state index contributed by atoms with van der Waals surface area (Å²) in [6.45, 7) is 3.12. The van der Waals surface area contributed by atoms with Gasteiger partial charge in [-0.2, -0.15) is 17.4 Å². The van der Waals surface area contributed by atoms with Crippen LogP contribution < -0.4 is 4.72 Å². The van der Waals surface area contributed by atoms with Crippen molar-refractivity contribution in [1.29, 1.82) is 0 Å². The van der Waals surface area contributed by atoms with E-state index in [1.807, 2.05) is 19.1 Å². The number of aryl methyl sites for hydroxylation is 1. The molecule has 2 heterocycles. The molecule has 1 saturated heterocycles. The minimum Gasteiger partial charge on any atom is -0.396 e. The highest BCUT2D eigenvalue weighted by molar-refractivity contribution is 7.87. The molecule has 20 heavy (non-hydrogen) atoms. The number of aliphatic hydroxyl groups excluding tert-OH is 1. The molecule has 0 radical (unpaired) electrons. The van der Waals surface area contributed by atoms with Gasteiger partial charge in [-0.1, -0.05) is 6.07 Å². The molecule has 0 aromatic carbocycles. The molecule has 2 rings (SSSR count). The Kier molecular flexibility index (Phi) is 5.09. The third-order valence-corrected chi connectivity index (χ3v) is 5.11. The summed E-state index contributed by atoms with van der Waals surface area (Å²) in [5.74, 6) is 0.222. The lowest BCUT2D eigenvalue weighted by Gasteiger charge is -2.30. The Balaban J connectivity index is 1.91. The van der Waals surface area contributed by atoms with Crippen LogP contribution >= 0.6 is 0 Å². The molecule has 0 aliphatic carbocycles. The van der Waals surface area contributed by atoms with Crippen LogP contribution in [0.5, 0.6) is 0 Å². The molecule has 2 N–H and O–H groups in total. The van der Waals surface area contributed by atoms with Crippen molar-refractivity contribution in [3.05, 3.63) is 29.6 Å². The first kappa shape index (κ1) is 15.4. The first-order valence-electron chi connectivity index (χ1n) is 6.79. The summed E-state index contributed by atoms with van der Waals surface area (Å²) in [5, 5.41) is 9.07. The molecule has 0 unspecified atom stereocenters. The zero-order valence-electron chi connectivity index (χ0n) is 11.6. The lowest BCUT2D eigenvalue weighted by Crippen LogP contribution is -2.45. The average Bonchev–Trinajstić information content (AvgIpc) is 2.45. The number of aromatic nitrogens is 1. The van der Waals surface area contributed by atoms with Crippen LogP contribution in [0.15, 0.2) is 18.2 Å². The van der Waals surface area contributed by atoms with E-state index in [9.17, 15) is 8.42 Å². The van der Waals surface area contributed by atoms with Crippen molar-refractivity contribution < 1.29 is 13.5 Å². The van der Waals surface area contributed by atoms with Crippen molar-refractivity contribution in [3.63, 3.8) is 0 Å². The van der Waals surface area contributed by atoms with E-state index in [0.717, 1.165) is 5.69 Å². The highest BCUT2D eigenvalue weighted by Gasteiger charge is 2.27. The third kappa shape index (κ3) is 3.99. The number of pyridine rings is 1. The maximum atomic E-state index is 12.2. The van der Waals surface area contributed by atoms with Crippen molar-refractivity contribution in [1.82, 2.24) is 14.0 Å². The van der Waals surface area contributed by atoms with Crippen molar-refractivity contribution in [2.45, 2.75) is 26.3 Å². The number of nitrogens with one attached hydrogen (secondary N) is 1. The van der Waals surface area contributed by atoms with Crippen LogP contribution in [0.2, 0.25) is 0 Å². The minimum atomic E-state index is -3.46. The monoisotopic (exact) mass is 299 g/mol. The fourth-order valence-corrected chi connectivity index (χ4v) is 3.49. The minimum absolute atomic E-state index is 0.133. The molecule has 7 heteroatoms. The first-order valence-corrected chi connectivity index (χ1v) is 8.23. The Bertz CT molecular complexity index is 540. The van der Waals surface area contributed by atoms with Gasteiger partial charge in [0.2, 0.25) is 0 Å². The summed E-state index contributed by atoms with van der Waals surface area (Å²) in [5.41, 5.74) is 1.57. The summed E-state index contributed by atoms with van der Waals surface area (Å²) in [4.78, 5) is 4.27. The van der Waals surface area contributed by atoms with Gasteiger partial charge in [0.1, 0.15) is 0 Å². The van der Waals surface area contributed by atoms with E-state index in [1.54, 1.807) is 6.07 Å². The van der Waals surface area contributed by atoms with Gasteiger partial charge in [0.05, 0.1) is 12.2 Å². The molecular weight excluding hydrogens is 278 g/mol. The Hall–Kier alpha value is -1.02.